The van der Waals surface area contributed by atoms with Crippen molar-refractivity contribution in [1.82, 2.24) is 0 Å². The fourth-order valence-electron chi connectivity index (χ4n) is 3.19. The average Bonchev–Trinajstić information content (AvgIpc) is 2.43. The maximum absolute atomic E-state index is 11.8. The van der Waals surface area contributed by atoms with E-state index in [0.717, 1.165) is 51.4 Å². The van der Waals surface area contributed by atoms with E-state index in [1.165, 1.54) is 51.4 Å². The molecule has 0 N–H and O–H groups in total. The van der Waals surface area contributed by atoms with Gasteiger partial charge in [-0.3, -0.25) is 0 Å². The predicted octanol–water partition coefficient (Wildman–Crippen LogP) is 5.84. The van der Waals surface area contributed by atoms with E-state index in [4.69, 9.17) is 0 Å². The molecule has 0 aromatic carbocycles. The maximum Gasteiger partial charge on any atom is 0.0930 e. The molecule has 118 valence electrons. The maximum atomic E-state index is 11.8. The number of hydrogen-bond donors (Lipinski definition) is 0. The van der Waals surface area contributed by atoms with Crippen LogP contribution in [-0.2, 0) is 10.2 Å². The summed E-state index contributed by atoms with van der Waals surface area (Å²) >= 11 is 0. The molecule has 0 saturated heterocycles. The van der Waals surface area contributed by atoms with Crippen LogP contribution in [0.25, 0.3) is 0 Å². The highest BCUT2D eigenvalue weighted by molar-refractivity contribution is 4.60. The summed E-state index contributed by atoms with van der Waals surface area (Å²) < 4.78 is 0. The van der Waals surface area contributed by atoms with Gasteiger partial charge in [-0.25, -0.2) is 10.2 Å². The van der Waals surface area contributed by atoms with Gasteiger partial charge in [0.15, 0.2) is 0 Å². The lowest BCUT2D eigenvalue weighted by Crippen LogP contribution is -2.05. The van der Waals surface area contributed by atoms with Gasteiger partial charge in [0.1, 0.15) is 0 Å². The van der Waals surface area contributed by atoms with Crippen LogP contribution in [-0.4, -0.2) is 12.2 Å². The molecule has 0 aromatic heterocycles. The second-order valence-corrected chi connectivity index (χ2v) is 6.64. The van der Waals surface area contributed by atoms with Crippen molar-refractivity contribution in [2.45, 2.75) is 115 Å². The molecule has 1 aliphatic carbocycles. The van der Waals surface area contributed by atoms with Crippen molar-refractivity contribution in [3.63, 3.8) is 0 Å². The molecule has 1 rings (SSSR count). The highest BCUT2D eigenvalue weighted by Crippen LogP contribution is 2.17. The lowest BCUT2D eigenvalue weighted by molar-refractivity contribution is 0.0666. The van der Waals surface area contributed by atoms with Crippen LogP contribution in [0.15, 0.2) is 0 Å². The Morgan fingerprint density at radius 3 is 0.800 bits per heavy atom. The Morgan fingerprint density at radius 1 is 0.350 bits per heavy atom. The second-order valence-electron chi connectivity index (χ2n) is 6.64. The molecule has 0 spiro atoms. The third-order valence-corrected chi connectivity index (χ3v) is 4.60. The summed E-state index contributed by atoms with van der Waals surface area (Å²) in [6.07, 6.45) is 17.1. The standard InChI is InChI=1S/C18H34O2/c19-17-13-9-5-1-2-6-10-14-18(20)16-12-8-4-3-7-11-15-17/h17-18H,1-16H2. The van der Waals surface area contributed by atoms with Gasteiger partial charge in [0.25, 0.3) is 0 Å². The highest BCUT2D eigenvalue weighted by atomic mass is 16.3. The summed E-state index contributed by atoms with van der Waals surface area (Å²) in [6.45, 7) is 0. The lowest BCUT2D eigenvalue weighted by Gasteiger charge is -2.10. The first-order chi connectivity index (χ1) is 9.79. The van der Waals surface area contributed by atoms with Crippen LogP contribution in [0, 0.1) is 0 Å². The summed E-state index contributed by atoms with van der Waals surface area (Å²) in [4.78, 5) is 0. The minimum Gasteiger partial charge on any atom is -0.233 e. The predicted molar refractivity (Wildman–Crippen MR) is 82.8 cm³/mol. The Kier molecular flexibility index (Phi) is 11.4. The Bertz CT molecular complexity index is 164. The van der Waals surface area contributed by atoms with Gasteiger partial charge in [-0.2, -0.15) is 0 Å². The Labute approximate surface area is 126 Å². The first-order valence-corrected chi connectivity index (χ1v) is 9.10. The summed E-state index contributed by atoms with van der Waals surface area (Å²) in [5, 5.41) is 23.5. The fourth-order valence-corrected chi connectivity index (χ4v) is 3.19. The van der Waals surface area contributed by atoms with Crippen molar-refractivity contribution >= 4 is 0 Å². The molecule has 0 amide bonds. The fraction of sp³-hybridized carbons (Fsp3) is 1.00. The van der Waals surface area contributed by atoms with Crippen molar-refractivity contribution in [1.29, 1.82) is 0 Å². The Balaban J connectivity index is 2.16. The van der Waals surface area contributed by atoms with E-state index < -0.39 is 0 Å². The summed E-state index contributed by atoms with van der Waals surface area (Å²) in [5.74, 6) is 0. The van der Waals surface area contributed by atoms with Crippen LogP contribution in [0.2, 0.25) is 0 Å². The van der Waals surface area contributed by atoms with Gasteiger partial charge in [-0.05, 0) is 25.7 Å². The van der Waals surface area contributed by atoms with Gasteiger partial charge in [0, 0.05) is 0 Å². The van der Waals surface area contributed by atoms with Crippen molar-refractivity contribution in [2.75, 3.05) is 0 Å². The largest absolute Gasteiger partial charge is 0.233 e. The molecule has 20 heavy (non-hydrogen) atoms. The molecular weight excluding hydrogens is 248 g/mol. The molecule has 2 radical (unpaired) electrons. The zero-order chi connectivity index (χ0) is 14.5. The van der Waals surface area contributed by atoms with Gasteiger partial charge in [0.2, 0.25) is 0 Å². The highest BCUT2D eigenvalue weighted by Gasteiger charge is 2.08. The molecule has 1 saturated carbocycles. The summed E-state index contributed by atoms with van der Waals surface area (Å²) in [5.41, 5.74) is 0. The average molecular weight is 282 g/mol. The smallest absolute Gasteiger partial charge is 0.0930 e. The van der Waals surface area contributed by atoms with Crippen molar-refractivity contribution in [2.24, 2.45) is 0 Å². The van der Waals surface area contributed by atoms with Crippen LogP contribution >= 0.6 is 0 Å². The summed E-state index contributed by atoms with van der Waals surface area (Å²) in [6, 6.07) is 0. The first kappa shape index (κ1) is 18.0. The zero-order valence-corrected chi connectivity index (χ0v) is 13.3. The summed E-state index contributed by atoms with van der Waals surface area (Å²) in [7, 11) is 0. The first-order valence-electron chi connectivity index (χ1n) is 9.10. The molecule has 0 aliphatic heterocycles. The van der Waals surface area contributed by atoms with E-state index >= 15 is 0 Å². The molecule has 0 atom stereocenters. The van der Waals surface area contributed by atoms with Gasteiger partial charge in [-0.15, -0.1) is 0 Å². The number of rotatable bonds is 0. The third-order valence-electron chi connectivity index (χ3n) is 4.60. The minimum absolute atomic E-state index is 0.310. The van der Waals surface area contributed by atoms with Crippen molar-refractivity contribution in [3.05, 3.63) is 0 Å². The molecule has 0 unspecified atom stereocenters. The molecular formula is C18H34O2. The molecule has 0 bridgehead atoms. The van der Waals surface area contributed by atoms with Gasteiger partial charge < -0.3 is 0 Å². The van der Waals surface area contributed by atoms with Crippen molar-refractivity contribution < 1.29 is 10.2 Å². The van der Waals surface area contributed by atoms with Crippen LogP contribution in [0.4, 0.5) is 0 Å². The van der Waals surface area contributed by atoms with Crippen LogP contribution in [0.1, 0.15) is 103 Å². The molecule has 2 nitrogen and oxygen atoms in total. The minimum atomic E-state index is -0.310. The quantitative estimate of drug-likeness (QED) is 0.535. The SMILES string of the molecule is [O]C1CCCCCCCCC([O])CCCCCCCC1. The lowest BCUT2D eigenvalue weighted by atomic mass is 9.99. The van der Waals surface area contributed by atoms with E-state index in [0.29, 0.717) is 0 Å². The zero-order valence-electron chi connectivity index (χ0n) is 13.3. The monoisotopic (exact) mass is 282 g/mol. The van der Waals surface area contributed by atoms with E-state index in [2.05, 4.69) is 0 Å². The molecule has 2 heteroatoms. The Hall–Kier alpha value is -0.0800. The van der Waals surface area contributed by atoms with Crippen LogP contribution < -0.4 is 0 Å². The molecule has 0 heterocycles. The molecule has 1 aliphatic rings. The van der Waals surface area contributed by atoms with Gasteiger partial charge >= 0.3 is 0 Å². The van der Waals surface area contributed by atoms with Crippen molar-refractivity contribution in [3.8, 4) is 0 Å². The van der Waals surface area contributed by atoms with E-state index in [1.54, 1.807) is 0 Å². The van der Waals surface area contributed by atoms with E-state index in [9.17, 15) is 10.2 Å². The topological polar surface area (TPSA) is 39.8 Å². The van der Waals surface area contributed by atoms with E-state index in [1.807, 2.05) is 0 Å². The Morgan fingerprint density at radius 2 is 0.550 bits per heavy atom. The number of hydrogen-bond acceptors (Lipinski definition) is 0. The van der Waals surface area contributed by atoms with Crippen LogP contribution in [0.5, 0.6) is 0 Å². The third kappa shape index (κ3) is 10.7. The molecule has 0 aromatic rings. The second kappa shape index (κ2) is 12.6. The molecule has 1 fully saturated rings. The van der Waals surface area contributed by atoms with Gasteiger partial charge in [0.05, 0.1) is 12.2 Å². The normalized spacial score (nSPS) is 30.3. The van der Waals surface area contributed by atoms with E-state index in [-0.39, 0.29) is 12.2 Å². The van der Waals surface area contributed by atoms with Crippen LogP contribution in [0.3, 0.4) is 0 Å². The van der Waals surface area contributed by atoms with Gasteiger partial charge in [-0.1, -0.05) is 77.0 Å².